The van der Waals surface area contributed by atoms with E-state index < -0.39 is 5.97 Å². The normalized spacial score (nSPS) is 18.1. The summed E-state index contributed by atoms with van der Waals surface area (Å²) in [6.07, 6.45) is 1.73. The van der Waals surface area contributed by atoms with Crippen molar-refractivity contribution in [3.8, 4) is 0 Å². The van der Waals surface area contributed by atoms with Gasteiger partial charge >= 0.3 is 5.97 Å². The monoisotopic (exact) mass is 265 g/mol. The zero-order valence-electron chi connectivity index (χ0n) is 11.4. The van der Waals surface area contributed by atoms with Gasteiger partial charge in [0.25, 0.3) is 0 Å². The minimum atomic E-state index is -0.789. The van der Waals surface area contributed by atoms with E-state index in [9.17, 15) is 9.18 Å². The van der Waals surface area contributed by atoms with Crippen LogP contribution in [0.25, 0.3) is 0 Å². The van der Waals surface area contributed by atoms with Crippen LogP contribution in [0.3, 0.4) is 0 Å². The molecule has 1 unspecified atom stereocenters. The maximum atomic E-state index is 13.7. The average molecular weight is 265 g/mol. The van der Waals surface area contributed by atoms with Crippen LogP contribution in [0.4, 0.5) is 4.39 Å². The minimum absolute atomic E-state index is 0.124. The van der Waals surface area contributed by atoms with Crippen molar-refractivity contribution in [2.75, 3.05) is 6.54 Å². The molecule has 0 spiro atoms. The third-order valence-electron chi connectivity index (χ3n) is 3.83. The highest BCUT2D eigenvalue weighted by atomic mass is 19.1. The van der Waals surface area contributed by atoms with Gasteiger partial charge in [0.15, 0.2) is 0 Å². The second-order valence-corrected chi connectivity index (χ2v) is 5.34. The molecular formula is C15H20FNO2. The van der Waals surface area contributed by atoms with Crippen LogP contribution in [0, 0.1) is 5.82 Å². The molecule has 1 atom stereocenters. The van der Waals surface area contributed by atoms with Gasteiger partial charge in [0.1, 0.15) is 5.82 Å². The highest BCUT2D eigenvalue weighted by molar-refractivity contribution is 5.66. The number of hydrogen-bond acceptors (Lipinski definition) is 2. The third-order valence-corrected chi connectivity index (χ3v) is 3.83. The molecular weight excluding hydrogens is 245 g/mol. The number of hydrogen-bond donors (Lipinski definition) is 1. The second-order valence-electron chi connectivity index (χ2n) is 5.34. The quantitative estimate of drug-likeness (QED) is 0.889. The molecule has 2 rings (SSSR count). The van der Waals surface area contributed by atoms with Crippen LogP contribution in [-0.4, -0.2) is 28.6 Å². The van der Waals surface area contributed by atoms with E-state index in [1.165, 1.54) is 6.07 Å². The van der Waals surface area contributed by atoms with Gasteiger partial charge in [-0.3, -0.25) is 9.69 Å². The van der Waals surface area contributed by atoms with E-state index in [-0.39, 0.29) is 24.3 Å². The predicted octanol–water partition coefficient (Wildman–Crippen LogP) is 3.00. The van der Waals surface area contributed by atoms with Crippen LogP contribution in [0.5, 0.6) is 0 Å². The first kappa shape index (κ1) is 14.0. The van der Waals surface area contributed by atoms with E-state index in [4.69, 9.17) is 5.11 Å². The van der Waals surface area contributed by atoms with E-state index in [2.05, 4.69) is 18.7 Å². The van der Waals surface area contributed by atoms with Gasteiger partial charge < -0.3 is 5.11 Å². The lowest BCUT2D eigenvalue weighted by Crippen LogP contribution is -2.35. The van der Waals surface area contributed by atoms with Gasteiger partial charge in [-0.05, 0) is 43.9 Å². The molecule has 0 bridgehead atoms. The lowest BCUT2D eigenvalue weighted by Gasteiger charge is -2.32. The van der Waals surface area contributed by atoms with E-state index in [0.29, 0.717) is 6.54 Å². The average Bonchev–Trinajstić information content (AvgIpc) is 2.74. The van der Waals surface area contributed by atoms with Crippen LogP contribution in [-0.2, 0) is 11.2 Å². The number of rotatable bonds is 5. The summed E-state index contributed by atoms with van der Waals surface area (Å²) in [4.78, 5) is 12.9. The smallest absolute Gasteiger partial charge is 0.304 e. The van der Waals surface area contributed by atoms with Crippen molar-refractivity contribution < 1.29 is 14.3 Å². The van der Waals surface area contributed by atoms with Crippen molar-refractivity contribution in [1.29, 1.82) is 0 Å². The van der Waals surface area contributed by atoms with Gasteiger partial charge in [0.2, 0.25) is 0 Å². The molecule has 19 heavy (non-hydrogen) atoms. The number of aliphatic carboxylic acids is 1. The number of nitrogens with zero attached hydrogens (tertiary/aromatic N) is 1. The number of carboxylic acids is 1. The molecule has 4 heteroatoms. The summed E-state index contributed by atoms with van der Waals surface area (Å²) in [6.45, 7) is 4.62. The molecule has 0 saturated heterocycles. The highest BCUT2D eigenvalue weighted by Crippen LogP contribution is 2.37. The number of halogens is 1. The Hall–Kier alpha value is -1.42. The molecule has 0 fully saturated rings. The Labute approximate surface area is 113 Å². The molecule has 0 amide bonds. The lowest BCUT2D eigenvalue weighted by molar-refractivity contribution is -0.137. The minimum Gasteiger partial charge on any atom is -0.481 e. The van der Waals surface area contributed by atoms with Gasteiger partial charge in [-0.1, -0.05) is 12.1 Å². The van der Waals surface area contributed by atoms with Crippen molar-refractivity contribution in [3.63, 3.8) is 0 Å². The standard InChI is InChI=1S/C15H20FNO2/c1-10(2)17(9-8-15(18)19)14-7-6-11-12(14)4-3-5-13(11)16/h3-5,10,14H,6-9H2,1-2H3,(H,18,19). The number of carboxylic acid groups (broad SMARTS) is 1. The van der Waals surface area contributed by atoms with Crippen LogP contribution in [0.15, 0.2) is 18.2 Å². The Morgan fingerprint density at radius 2 is 2.26 bits per heavy atom. The van der Waals surface area contributed by atoms with E-state index in [1.807, 2.05) is 6.07 Å². The predicted molar refractivity (Wildman–Crippen MR) is 71.6 cm³/mol. The topological polar surface area (TPSA) is 40.5 Å². The van der Waals surface area contributed by atoms with E-state index in [1.54, 1.807) is 6.07 Å². The first-order valence-corrected chi connectivity index (χ1v) is 6.75. The van der Waals surface area contributed by atoms with Crippen molar-refractivity contribution in [2.45, 2.75) is 45.2 Å². The van der Waals surface area contributed by atoms with Crippen LogP contribution < -0.4 is 0 Å². The fraction of sp³-hybridized carbons (Fsp3) is 0.533. The van der Waals surface area contributed by atoms with Gasteiger partial charge in [-0.15, -0.1) is 0 Å². The summed E-state index contributed by atoms with van der Waals surface area (Å²) in [5.74, 6) is -0.926. The summed E-state index contributed by atoms with van der Waals surface area (Å²) in [5, 5.41) is 8.84. The first-order valence-electron chi connectivity index (χ1n) is 6.75. The highest BCUT2D eigenvalue weighted by Gasteiger charge is 2.30. The summed E-state index contributed by atoms with van der Waals surface area (Å²) < 4.78 is 13.7. The Morgan fingerprint density at radius 1 is 1.53 bits per heavy atom. The molecule has 1 aromatic rings. The number of fused-ring (bicyclic) bond motifs is 1. The molecule has 0 saturated carbocycles. The fourth-order valence-corrected chi connectivity index (χ4v) is 2.93. The molecule has 0 aromatic heterocycles. The lowest BCUT2D eigenvalue weighted by atomic mass is 10.0. The Bertz CT molecular complexity index is 473. The molecule has 104 valence electrons. The van der Waals surface area contributed by atoms with Crippen LogP contribution in [0.1, 0.15) is 43.9 Å². The van der Waals surface area contributed by atoms with Gasteiger partial charge in [0.05, 0.1) is 6.42 Å². The molecule has 1 aliphatic rings. The van der Waals surface area contributed by atoms with Gasteiger partial charge in [-0.25, -0.2) is 4.39 Å². The number of benzene rings is 1. The Kier molecular flexibility index (Phi) is 4.20. The maximum Gasteiger partial charge on any atom is 0.304 e. The molecule has 1 aliphatic carbocycles. The van der Waals surface area contributed by atoms with E-state index >= 15 is 0 Å². The molecule has 3 nitrogen and oxygen atoms in total. The summed E-state index contributed by atoms with van der Waals surface area (Å²) in [5.41, 5.74) is 1.83. The second kappa shape index (κ2) is 5.70. The Balaban J connectivity index is 2.21. The van der Waals surface area contributed by atoms with Gasteiger partial charge in [-0.2, -0.15) is 0 Å². The molecule has 1 N–H and O–H groups in total. The Morgan fingerprint density at radius 3 is 2.89 bits per heavy atom. The maximum absolute atomic E-state index is 13.7. The molecule has 0 heterocycles. The third kappa shape index (κ3) is 2.95. The van der Waals surface area contributed by atoms with Crippen LogP contribution in [0.2, 0.25) is 0 Å². The summed E-state index contributed by atoms with van der Waals surface area (Å²) >= 11 is 0. The molecule has 0 radical (unpaired) electrons. The summed E-state index contributed by atoms with van der Waals surface area (Å²) in [6, 6.07) is 5.59. The summed E-state index contributed by atoms with van der Waals surface area (Å²) in [7, 11) is 0. The van der Waals surface area contributed by atoms with Crippen LogP contribution >= 0.6 is 0 Å². The van der Waals surface area contributed by atoms with Crippen molar-refractivity contribution in [2.24, 2.45) is 0 Å². The van der Waals surface area contributed by atoms with Crippen molar-refractivity contribution >= 4 is 5.97 Å². The molecule has 1 aromatic carbocycles. The SMILES string of the molecule is CC(C)N(CCC(=O)O)C1CCc2c(F)cccc21. The largest absolute Gasteiger partial charge is 0.481 e. The fourth-order valence-electron chi connectivity index (χ4n) is 2.93. The van der Waals surface area contributed by atoms with E-state index in [0.717, 1.165) is 24.0 Å². The van der Waals surface area contributed by atoms with Crippen molar-refractivity contribution in [1.82, 2.24) is 4.90 Å². The first-order chi connectivity index (χ1) is 9.00. The zero-order valence-corrected chi connectivity index (χ0v) is 11.4. The molecule has 0 aliphatic heterocycles. The number of carbonyl (C=O) groups is 1. The van der Waals surface area contributed by atoms with Gasteiger partial charge in [0, 0.05) is 18.6 Å². The van der Waals surface area contributed by atoms with Crippen molar-refractivity contribution in [3.05, 3.63) is 35.1 Å². The zero-order chi connectivity index (χ0) is 14.0.